The van der Waals surface area contributed by atoms with Crippen molar-refractivity contribution < 1.29 is 0 Å². The fraction of sp³-hybridized carbons (Fsp3) is 0.650. The fourth-order valence-corrected chi connectivity index (χ4v) is 6.06. The van der Waals surface area contributed by atoms with Crippen molar-refractivity contribution in [1.29, 1.82) is 0 Å². The lowest BCUT2D eigenvalue weighted by atomic mass is 9.52. The van der Waals surface area contributed by atoms with Crippen LogP contribution in [-0.4, -0.2) is 29.1 Å². The molecule has 0 amide bonds. The Hall–Kier alpha value is -1.09. The van der Waals surface area contributed by atoms with Gasteiger partial charge in [-0.05, 0) is 80.5 Å². The van der Waals surface area contributed by atoms with Gasteiger partial charge in [0.2, 0.25) is 0 Å². The highest BCUT2D eigenvalue weighted by Crippen LogP contribution is 2.57. The van der Waals surface area contributed by atoms with Crippen LogP contribution in [0.4, 0.5) is 0 Å². The van der Waals surface area contributed by atoms with Gasteiger partial charge in [-0.2, -0.15) is 0 Å². The van der Waals surface area contributed by atoms with Crippen molar-refractivity contribution in [3.8, 4) is 0 Å². The summed E-state index contributed by atoms with van der Waals surface area (Å²) < 4.78 is 0. The predicted octanol–water partition coefficient (Wildman–Crippen LogP) is 4.00. The normalized spacial score (nSPS) is 34.4. The standard InChI is InChI=1S/C20H28N2S/c1-22(19(23)21-8-7-15-5-3-2-4-6-15)20-12-16-9-17(13-20)11-18(10-16)14-20/h2-6,16-18H,7-14H2,1H3,(H,21,23). The molecule has 1 N–H and O–H groups in total. The average molecular weight is 329 g/mol. The number of nitrogens with one attached hydrogen (secondary N) is 1. The largest absolute Gasteiger partial charge is 0.362 e. The van der Waals surface area contributed by atoms with Gasteiger partial charge in [0.25, 0.3) is 0 Å². The van der Waals surface area contributed by atoms with E-state index in [2.05, 4.69) is 47.6 Å². The molecule has 124 valence electrons. The Labute approximate surface area is 145 Å². The minimum atomic E-state index is 0.367. The van der Waals surface area contributed by atoms with E-state index in [1.165, 1.54) is 44.1 Å². The first-order valence-electron chi connectivity index (χ1n) is 9.20. The Kier molecular flexibility index (Phi) is 4.08. The summed E-state index contributed by atoms with van der Waals surface area (Å²) in [6, 6.07) is 10.7. The lowest BCUT2D eigenvalue weighted by Crippen LogP contribution is -2.61. The van der Waals surface area contributed by atoms with E-state index < -0.39 is 0 Å². The zero-order chi connectivity index (χ0) is 15.9. The van der Waals surface area contributed by atoms with E-state index in [9.17, 15) is 0 Å². The summed E-state index contributed by atoms with van der Waals surface area (Å²) >= 11 is 5.74. The van der Waals surface area contributed by atoms with Crippen molar-refractivity contribution in [2.75, 3.05) is 13.6 Å². The molecule has 0 atom stereocenters. The third-order valence-electron chi connectivity index (χ3n) is 6.55. The van der Waals surface area contributed by atoms with Gasteiger partial charge in [0.1, 0.15) is 0 Å². The number of rotatable bonds is 4. The van der Waals surface area contributed by atoms with E-state index in [0.29, 0.717) is 5.54 Å². The number of benzene rings is 1. The van der Waals surface area contributed by atoms with Crippen molar-refractivity contribution in [2.45, 2.75) is 50.5 Å². The van der Waals surface area contributed by atoms with E-state index in [1.54, 1.807) is 0 Å². The van der Waals surface area contributed by atoms with Gasteiger partial charge in [-0.3, -0.25) is 0 Å². The van der Waals surface area contributed by atoms with Crippen molar-refractivity contribution >= 4 is 17.3 Å². The molecule has 4 fully saturated rings. The van der Waals surface area contributed by atoms with Crippen molar-refractivity contribution in [3.63, 3.8) is 0 Å². The number of hydrogen-bond acceptors (Lipinski definition) is 1. The zero-order valence-corrected chi connectivity index (χ0v) is 14.9. The van der Waals surface area contributed by atoms with Gasteiger partial charge in [0, 0.05) is 19.1 Å². The van der Waals surface area contributed by atoms with Crippen LogP contribution in [0.3, 0.4) is 0 Å². The van der Waals surface area contributed by atoms with Crippen molar-refractivity contribution in [1.82, 2.24) is 10.2 Å². The summed E-state index contributed by atoms with van der Waals surface area (Å²) in [7, 11) is 2.24. The van der Waals surface area contributed by atoms with Crippen LogP contribution in [-0.2, 0) is 6.42 Å². The molecule has 4 bridgehead atoms. The minimum Gasteiger partial charge on any atom is -0.362 e. The highest BCUT2D eigenvalue weighted by Gasteiger charge is 2.53. The Morgan fingerprint density at radius 1 is 1.09 bits per heavy atom. The molecule has 23 heavy (non-hydrogen) atoms. The van der Waals surface area contributed by atoms with Crippen LogP contribution in [0.5, 0.6) is 0 Å². The van der Waals surface area contributed by atoms with Crippen LogP contribution in [0.25, 0.3) is 0 Å². The Morgan fingerprint density at radius 3 is 2.22 bits per heavy atom. The molecule has 0 unspecified atom stereocenters. The van der Waals surface area contributed by atoms with E-state index in [-0.39, 0.29) is 0 Å². The highest BCUT2D eigenvalue weighted by atomic mass is 32.1. The summed E-state index contributed by atoms with van der Waals surface area (Å²) in [6.07, 6.45) is 9.61. The molecule has 4 aliphatic carbocycles. The summed E-state index contributed by atoms with van der Waals surface area (Å²) in [6.45, 7) is 0.930. The maximum Gasteiger partial charge on any atom is 0.169 e. The van der Waals surface area contributed by atoms with Crippen LogP contribution in [0.1, 0.15) is 44.1 Å². The molecule has 4 aliphatic rings. The fourth-order valence-electron chi connectivity index (χ4n) is 5.77. The van der Waals surface area contributed by atoms with Crippen LogP contribution < -0.4 is 5.32 Å². The van der Waals surface area contributed by atoms with Crippen LogP contribution in [0.2, 0.25) is 0 Å². The molecule has 0 spiro atoms. The monoisotopic (exact) mass is 328 g/mol. The molecule has 0 aliphatic heterocycles. The SMILES string of the molecule is CN(C(=S)NCCc1ccccc1)C12CC3CC(CC(C3)C1)C2. The van der Waals surface area contributed by atoms with Crippen LogP contribution in [0.15, 0.2) is 30.3 Å². The first-order valence-corrected chi connectivity index (χ1v) is 9.61. The summed E-state index contributed by atoms with van der Waals surface area (Å²) in [4.78, 5) is 2.44. The number of thiocarbonyl (C=S) groups is 1. The third-order valence-corrected chi connectivity index (χ3v) is 6.97. The first-order chi connectivity index (χ1) is 11.1. The minimum absolute atomic E-state index is 0.367. The quantitative estimate of drug-likeness (QED) is 0.841. The average Bonchev–Trinajstić information content (AvgIpc) is 2.54. The van der Waals surface area contributed by atoms with E-state index in [0.717, 1.165) is 35.8 Å². The van der Waals surface area contributed by atoms with Gasteiger partial charge in [-0.1, -0.05) is 30.3 Å². The third kappa shape index (κ3) is 3.00. The zero-order valence-electron chi connectivity index (χ0n) is 14.1. The van der Waals surface area contributed by atoms with Crippen molar-refractivity contribution in [3.05, 3.63) is 35.9 Å². The second-order valence-electron chi connectivity index (χ2n) is 8.17. The maximum absolute atomic E-state index is 5.74. The number of hydrogen-bond donors (Lipinski definition) is 1. The summed E-state index contributed by atoms with van der Waals surface area (Å²) in [5.41, 5.74) is 1.74. The van der Waals surface area contributed by atoms with Gasteiger partial charge >= 0.3 is 0 Å². The predicted molar refractivity (Wildman–Crippen MR) is 99.4 cm³/mol. The highest BCUT2D eigenvalue weighted by molar-refractivity contribution is 7.80. The van der Waals surface area contributed by atoms with Crippen LogP contribution in [0, 0.1) is 17.8 Å². The maximum atomic E-state index is 5.74. The molecule has 5 rings (SSSR count). The molecule has 1 aromatic rings. The van der Waals surface area contributed by atoms with Gasteiger partial charge in [-0.25, -0.2) is 0 Å². The van der Waals surface area contributed by atoms with E-state index in [4.69, 9.17) is 12.2 Å². The molecule has 0 radical (unpaired) electrons. The number of nitrogens with zero attached hydrogens (tertiary/aromatic N) is 1. The Morgan fingerprint density at radius 2 is 1.65 bits per heavy atom. The molecule has 1 aromatic carbocycles. The second-order valence-corrected chi connectivity index (χ2v) is 8.56. The molecule has 3 heteroatoms. The summed E-state index contributed by atoms with van der Waals surface area (Å²) in [5, 5.41) is 4.47. The molecule has 0 heterocycles. The molecular formula is C20H28N2S. The molecule has 4 saturated carbocycles. The first kappa shape index (κ1) is 15.4. The molecule has 2 nitrogen and oxygen atoms in total. The van der Waals surface area contributed by atoms with Gasteiger partial charge < -0.3 is 10.2 Å². The van der Waals surface area contributed by atoms with E-state index >= 15 is 0 Å². The Bertz CT molecular complexity index is 533. The second kappa shape index (κ2) is 6.08. The smallest absolute Gasteiger partial charge is 0.169 e. The lowest BCUT2D eigenvalue weighted by Gasteiger charge is -2.60. The topological polar surface area (TPSA) is 15.3 Å². The molecule has 0 aromatic heterocycles. The van der Waals surface area contributed by atoms with Gasteiger partial charge in [0.05, 0.1) is 0 Å². The van der Waals surface area contributed by atoms with Crippen LogP contribution >= 0.6 is 12.2 Å². The van der Waals surface area contributed by atoms with Crippen molar-refractivity contribution in [2.24, 2.45) is 17.8 Å². The van der Waals surface area contributed by atoms with Gasteiger partial charge in [-0.15, -0.1) is 0 Å². The van der Waals surface area contributed by atoms with E-state index in [1.807, 2.05) is 0 Å². The lowest BCUT2D eigenvalue weighted by molar-refractivity contribution is -0.0548. The summed E-state index contributed by atoms with van der Waals surface area (Å²) in [5.74, 6) is 2.91. The Balaban J connectivity index is 1.35. The van der Waals surface area contributed by atoms with Gasteiger partial charge in [0.15, 0.2) is 5.11 Å². The molecular weight excluding hydrogens is 300 g/mol. The molecule has 0 saturated heterocycles.